The first-order valence-electron chi connectivity index (χ1n) is 11.5. The van der Waals surface area contributed by atoms with Crippen molar-refractivity contribution >= 4 is 23.0 Å². The number of aromatic nitrogens is 1. The van der Waals surface area contributed by atoms with Crippen LogP contribution in [-0.4, -0.2) is 68.5 Å². The number of nitrogens with two attached hydrogens (primary N) is 1. The molecule has 0 aliphatic carbocycles. The standard InChI is InChI=1S/C24H30N4O5/c1-30-23-20(25)12-17(14-26-23)28-8-11-32-22-3-2-18(13-21(22)28)33-19-4-7-27(15-19)24(29)16-5-9-31-10-6-16/h2-3,12-14,16,19H,4-11,15,25H2,1H3. The summed E-state index contributed by atoms with van der Waals surface area (Å²) in [6.45, 7) is 3.93. The van der Waals surface area contributed by atoms with Gasteiger partial charge in [-0.05, 0) is 31.0 Å². The lowest BCUT2D eigenvalue weighted by molar-refractivity contribution is -0.137. The lowest BCUT2D eigenvalue weighted by atomic mass is 9.99. The Labute approximate surface area is 193 Å². The molecule has 2 N–H and O–H groups in total. The molecule has 3 aliphatic rings. The molecule has 2 aromatic rings. The van der Waals surface area contributed by atoms with E-state index in [0.717, 1.165) is 48.7 Å². The monoisotopic (exact) mass is 454 g/mol. The van der Waals surface area contributed by atoms with Crippen LogP contribution in [0.4, 0.5) is 17.1 Å². The second-order valence-corrected chi connectivity index (χ2v) is 8.62. The lowest BCUT2D eigenvalue weighted by Gasteiger charge is -2.31. The number of anilines is 3. The molecule has 9 heteroatoms. The largest absolute Gasteiger partial charge is 0.490 e. The summed E-state index contributed by atoms with van der Waals surface area (Å²) in [4.78, 5) is 21.2. The van der Waals surface area contributed by atoms with Crippen molar-refractivity contribution in [1.29, 1.82) is 0 Å². The highest BCUT2D eigenvalue weighted by Gasteiger charge is 2.33. The van der Waals surface area contributed by atoms with E-state index >= 15 is 0 Å². The van der Waals surface area contributed by atoms with Crippen molar-refractivity contribution in [2.24, 2.45) is 5.92 Å². The normalized spacial score (nSPS) is 20.8. The summed E-state index contributed by atoms with van der Waals surface area (Å²) in [5.74, 6) is 2.26. The Morgan fingerprint density at radius 3 is 2.79 bits per heavy atom. The topological polar surface area (TPSA) is 99.4 Å². The maximum Gasteiger partial charge on any atom is 0.236 e. The van der Waals surface area contributed by atoms with Gasteiger partial charge < -0.3 is 34.5 Å². The van der Waals surface area contributed by atoms with E-state index in [1.165, 1.54) is 0 Å². The molecule has 0 bridgehead atoms. The number of ether oxygens (including phenoxy) is 4. The number of hydrogen-bond donors (Lipinski definition) is 1. The van der Waals surface area contributed by atoms with Crippen LogP contribution in [0.15, 0.2) is 30.5 Å². The number of fused-ring (bicyclic) bond motifs is 1. The molecule has 1 aromatic heterocycles. The van der Waals surface area contributed by atoms with E-state index in [1.54, 1.807) is 13.3 Å². The van der Waals surface area contributed by atoms with Crippen LogP contribution in [0.5, 0.6) is 17.4 Å². The molecule has 3 aliphatic heterocycles. The van der Waals surface area contributed by atoms with Crippen LogP contribution in [0.25, 0.3) is 0 Å². The summed E-state index contributed by atoms with van der Waals surface area (Å²) in [6.07, 6.45) is 4.17. The molecule has 0 saturated carbocycles. The predicted molar refractivity (Wildman–Crippen MR) is 123 cm³/mol. The second-order valence-electron chi connectivity index (χ2n) is 8.62. The average molecular weight is 455 g/mol. The molecule has 4 heterocycles. The Morgan fingerprint density at radius 2 is 2.00 bits per heavy atom. The van der Waals surface area contributed by atoms with Gasteiger partial charge in [0.15, 0.2) is 0 Å². The highest BCUT2D eigenvalue weighted by atomic mass is 16.5. The minimum absolute atomic E-state index is 0.0249. The van der Waals surface area contributed by atoms with Gasteiger partial charge in [0, 0.05) is 38.2 Å². The van der Waals surface area contributed by atoms with Crippen molar-refractivity contribution in [3.8, 4) is 17.4 Å². The van der Waals surface area contributed by atoms with Gasteiger partial charge in [0.2, 0.25) is 11.8 Å². The fourth-order valence-electron chi connectivity index (χ4n) is 4.73. The molecular weight excluding hydrogens is 424 g/mol. The van der Waals surface area contributed by atoms with Crippen LogP contribution in [0.1, 0.15) is 19.3 Å². The van der Waals surface area contributed by atoms with Gasteiger partial charge >= 0.3 is 0 Å². The van der Waals surface area contributed by atoms with E-state index in [2.05, 4.69) is 9.88 Å². The van der Waals surface area contributed by atoms with Gasteiger partial charge in [0.05, 0.1) is 43.5 Å². The minimum atomic E-state index is -0.0249. The predicted octanol–water partition coefficient (Wildman–Crippen LogP) is 2.61. The van der Waals surface area contributed by atoms with Crippen molar-refractivity contribution in [1.82, 2.24) is 9.88 Å². The number of carbonyl (C=O) groups excluding carboxylic acids is 1. The summed E-state index contributed by atoms with van der Waals surface area (Å²) in [5.41, 5.74) is 8.33. The van der Waals surface area contributed by atoms with E-state index in [0.29, 0.717) is 44.5 Å². The van der Waals surface area contributed by atoms with E-state index in [-0.39, 0.29) is 17.9 Å². The molecule has 1 aromatic carbocycles. The maximum atomic E-state index is 12.8. The zero-order valence-electron chi connectivity index (χ0n) is 18.9. The molecular formula is C24H30N4O5. The average Bonchev–Trinajstić information content (AvgIpc) is 3.32. The lowest BCUT2D eigenvalue weighted by Crippen LogP contribution is -2.38. The number of likely N-dealkylation sites (tertiary alicyclic amines) is 1. The van der Waals surface area contributed by atoms with E-state index in [1.807, 2.05) is 29.2 Å². The highest BCUT2D eigenvalue weighted by Crippen LogP contribution is 2.40. The zero-order valence-corrected chi connectivity index (χ0v) is 18.9. The minimum Gasteiger partial charge on any atom is -0.490 e. The van der Waals surface area contributed by atoms with E-state index < -0.39 is 0 Å². The number of methoxy groups -OCH3 is 1. The van der Waals surface area contributed by atoms with Gasteiger partial charge in [-0.1, -0.05) is 0 Å². The van der Waals surface area contributed by atoms with Crippen molar-refractivity contribution in [2.45, 2.75) is 25.4 Å². The molecule has 2 fully saturated rings. The number of rotatable bonds is 5. The second kappa shape index (κ2) is 9.35. The maximum absolute atomic E-state index is 12.8. The molecule has 5 rings (SSSR count). The fraction of sp³-hybridized carbons (Fsp3) is 0.500. The van der Waals surface area contributed by atoms with Crippen LogP contribution in [0, 0.1) is 5.92 Å². The summed E-state index contributed by atoms with van der Waals surface area (Å²) >= 11 is 0. The number of benzene rings is 1. The van der Waals surface area contributed by atoms with Crippen molar-refractivity contribution in [3.05, 3.63) is 30.5 Å². The Balaban J connectivity index is 1.28. The molecule has 176 valence electrons. The number of nitrogen functional groups attached to an aromatic ring is 1. The summed E-state index contributed by atoms with van der Waals surface area (Å²) in [6, 6.07) is 7.69. The van der Waals surface area contributed by atoms with Crippen molar-refractivity contribution < 1.29 is 23.7 Å². The Bertz CT molecular complexity index is 1010. The molecule has 2 saturated heterocycles. The van der Waals surface area contributed by atoms with Crippen molar-refractivity contribution in [3.63, 3.8) is 0 Å². The van der Waals surface area contributed by atoms with Crippen LogP contribution in [0.3, 0.4) is 0 Å². The quantitative estimate of drug-likeness (QED) is 0.736. The van der Waals surface area contributed by atoms with Crippen LogP contribution < -0.4 is 24.8 Å². The van der Waals surface area contributed by atoms with Crippen LogP contribution in [0.2, 0.25) is 0 Å². The van der Waals surface area contributed by atoms with Gasteiger partial charge in [-0.3, -0.25) is 4.79 Å². The molecule has 0 radical (unpaired) electrons. The van der Waals surface area contributed by atoms with Gasteiger partial charge in [-0.25, -0.2) is 4.98 Å². The zero-order chi connectivity index (χ0) is 22.8. The van der Waals surface area contributed by atoms with Crippen LogP contribution in [-0.2, 0) is 9.53 Å². The third-order valence-electron chi connectivity index (χ3n) is 6.49. The third kappa shape index (κ3) is 4.50. The molecule has 1 amide bonds. The third-order valence-corrected chi connectivity index (χ3v) is 6.49. The number of pyridine rings is 1. The summed E-state index contributed by atoms with van der Waals surface area (Å²) < 4.78 is 22.7. The number of carbonyl (C=O) groups is 1. The SMILES string of the molecule is COc1ncc(N2CCOc3ccc(OC4CCN(C(=O)C5CCOCC5)C4)cc32)cc1N. The number of hydrogen-bond acceptors (Lipinski definition) is 8. The van der Waals surface area contributed by atoms with Crippen LogP contribution >= 0.6 is 0 Å². The highest BCUT2D eigenvalue weighted by molar-refractivity contribution is 5.79. The van der Waals surface area contributed by atoms with Gasteiger partial charge in [0.1, 0.15) is 24.2 Å². The summed E-state index contributed by atoms with van der Waals surface area (Å²) in [7, 11) is 1.55. The molecule has 33 heavy (non-hydrogen) atoms. The number of amides is 1. The Hall–Kier alpha value is -3.20. The van der Waals surface area contributed by atoms with E-state index in [9.17, 15) is 4.79 Å². The van der Waals surface area contributed by atoms with Gasteiger partial charge in [0.25, 0.3) is 0 Å². The summed E-state index contributed by atoms with van der Waals surface area (Å²) in [5, 5.41) is 0. The first-order valence-corrected chi connectivity index (χ1v) is 11.5. The van der Waals surface area contributed by atoms with E-state index in [4.69, 9.17) is 24.7 Å². The number of nitrogens with zero attached hydrogens (tertiary/aromatic N) is 3. The molecule has 1 atom stereocenters. The Morgan fingerprint density at radius 1 is 1.15 bits per heavy atom. The van der Waals surface area contributed by atoms with Crippen molar-refractivity contribution in [2.75, 3.05) is 57.2 Å². The van der Waals surface area contributed by atoms with Gasteiger partial charge in [-0.2, -0.15) is 0 Å². The Kier molecular flexibility index (Phi) is 6.13. The fourth-order valence-corrected chi connectivity index (χ4v) is 4.73. The smallest absolute Gasteiger partial charge is 0.236 e. The molecule has 0 spiro atoms. The molecule has 9 nitrogen and oxygen atoms in total. The van der Waals surface area contributed by atoms with Gasteiger partial charge in [-0.15, -0.1) is 0 Å². The molecule has 1 unspecified atom stereocenters. The first-order chi connectivity index (χ1) is 16.1. The first kappa shape index (κ1) is 21.6.